The molecule has 3 aromatic rings. The minimum absolute atomic E-state index is 0.00391. The fraction of sp³-hybridized carbons (Fsp3) is 0.417. The van der Waals surface area contributed by atoms with Crippen LogP contribution < -0.4 is 10.2 Å². The van der Waals surface area contributed by atoms with Crippen LogP contribution in [0, 0.1) is 13.8 Å². The molecule has 0 unspecified atom stereocenters. The maximum atomic E-state index is 12.5. The van der Waals surface area contributed by atoms with Crippen LogP contribution in [0.25, 0.3) is 5.82 Å². The topological polar surface area (TPSA) is 75.9 Å². The van der Waals surface area contributed by atoms with E-state index in [-0.39, 0.29) is 5.91 Å². The molecule has 0 aliphatic carbocycles. The van der Waals surface area contributed by atoms with Gasteiger partial charge < -0.3 is 10.2 Å². The molecule has 1 aliphatic heterocycles. The van der Waals surface area contributed by atoms with Crippen molar-refractivity contribution in [2.75, 3.05) is 29.6 Å². The van der Waals surface area contributed by atoms with Crippen molar-refractivity contribution in [1.82, 2.24) is 19.7 Å². The van der Waals surface area contributed by atoms with E-state index >= 15 is 0 Å². The van der Waals surface area contributed by atoms with Crippen LogP contribution >= 0.6 is 11.8 Å². The largest absolute Gasteiger partial charge is 0.356 e. The van der Waals surface area contributed by atoms with Crippen LogP contribution in [0.5, 0.6) is 0 Å². The summed E-state index contributed by atoms with van der Waals surface area (Å²) in [6.07, 6.45) is 8.37. The van der Waals surface area contributed by atoms with E-state index in [1.54, 1.807) is 18.1 Å². The van der Waals surface area contributed by atoms with Crippen molar-refractivity contribution in [2.45, 2.75) is 50.8 Å². The second-order valence-electron chi connectivity index (χ2n) is 8.12. The summed E-state index contributed by atoms with van der Waals surface area (Å²) in [4.78, 5) is 24.9. The predicted octanol–water partition coefficient (Wildman–Crippen LogP) is 4.56. The van der Waals surface area contributed by atoms with Crippen LogP contribution in [-0.2, 0) is 11.2 Å². The lowest BCUT2D eigenvalue weighted by atomic mass is 10.1. The first kappa shape index (κ1) is 22.3. The molecule has 1 N–H and O–H groups in total. The van der Waals surface area contributed by atoms with E-state index in [9.17, 15) is 4.79 Å². The van der Waals surface area contributed by atoms with Crippen molar-refractivity contribution in [2.24, 2.45) is 0 Å². The molecule has 1 aromatic carbocycles. The quantitative estimate of drug-likeness (QED) is 0.532. The van der Waals surface area contributed by atoms with Crippen LogP contribution in [0.4, 0.5) is 11.5 Å². The standard InChI is InChI=1S/C24H30N6OS/c1-17-21(10-11-24(31)27-19-8-7-9-20(14-19)32-3)18(2)30(28-17)23-15-22(25-16-26-23)29-12-5-4-6-13-29/h7-9,14-16H,4-6,10-13H2,1-3H3,(H,27,31). The monoisotopic (exact) mass is 450 g/mol. The third-order valence-electron chi connectivity index (χ3n) is 5.93. The average Bonchev–Trinajstić information content (AvgIpc) is 3.11. The van der Waals surface area contributed by atoms with Gasteiger partial charge in [0.15, 0.2) is 5.82 Å². The van der Waals surface area contributed by atoms with Crippen LogP contribution in [0.15, 0.2) is 41.6 Å². The first-order chi connectivity index (χ1) is 15.5. The van der Waals surface area contributed by atoms with Crippen LogP contribution in [-0.4, -0.2) is 45.0 Å². The summed E-state index contributed by atoms with van der Waals surface area (Å²) in [7, 11) is 0. The Balaban J connectivity index is 1.45. The van der Waals surface area contributed by atoms with Crippen molar-refractivity contribution in [3.05, 3.63) is 53.6 Å². The summed E-state index contributed by atoms with van der Waals surface area (Å²) in [5.41, 5.74) is 3.87. The number of aromatic nitrogens is 4. The van der Waals surface area contributed by atoms with E-state index in [2.05, 4.69) is 20.2 Å². The van der Waals surface area contributed by atoms with E-state index in [4.69, 9.17) is 5.10 Å². The van der Waals surface area contributed by atoms with E-state index < -0.39 is 0 Å². The van der Waals surface area contributed by atoms with E-state index in [1.165, 1.54) is 19.3 Å². The maximum absolute atomic E-state index is 12.5. The van der Waals surface area contributed by atoms with Gasteiger partial charge in [-0.25, -0.2) is 14.6 Å². The van der Waals surface area contributed by atoms with Gasteiger partial charge in [-0.2, -0.15) is 5.10 Å². The molecule has 1 saturated heterocycles. The average molecular weight is 451 g/mol. The number of amides is 1. The SMILES string of the molecule is CSc1cccc(NC(=O)CCc2c(C)nn(-c3cc(N4CCCCC4)ncn3)c2C)c1. The molecule has 1 aliphatic rings. The normalized spacial score (nSPS) is 13.9. The third kappa shape index (κ3) is 5.12. The number of hydrogen-bond acceptors (Lipinski definition) is 6. The smallest absolute Gasteiger partial charge is 0.224 e. The van der Waals surface area contributed by atoms with Gasteiger partial charge >= 0.3 is 0 Å². The Morgan fingerprint density at radius 3 is 2.66 bits per heavy atom. The van der Waals surface area contributed by atoms with Crippen molar-refractivity contribution in [1.29, 1.82) is 0 Å². The Hall–Kier alpha value is -2.87. The van der Waals surface area contributed by atoms with E-state index in [1.807, 2.05) is 55.1 Å². The molecule has 1 fully saturated rings. The highest BCUT2D eigenvalue weighted by Gasteiger charge is 2.17. The molecule has 1 amide bonds. The van der Waals surface area contributed by atoms with Crippen molar-refractivity contribution in [3.63, 3.8) is 0 Å². The van der Waals surface area contributed by atoms with Gasteiger partial charge in [0, 0.05) is 41.9 Å². The summed E-state index contributed by atoms with van der Waals surface area (Å²) >= 11 is 1.66. The lowest BCUT2D eigenvalue weighted by molar-refractivity contribution is -0.116. The highest BCUT2D eigenvalue weighted by molar-refractivity contribution is 7.98. The number of hydrogen-bond donors (Lipinski definition) is 1. The molecule has 7 nitrogen and oxygen atoms in total. The number of nitrogens with zero attached hydrogens (tertiary/aromatic N) is 5. The van der Waals surface area contributed by atoms with Gasteiger partial charge in [-0.3, -0.25) is 4.79 Å². The predicted molar refractivity (Wildman–Crippen MR) is 130 cm³/mol. The van der Waals surface area contributed by atoms with Gasteiger partial charge in [0.2, 0.25) is 5.91 Å². The number of nitrogens with one attached hydrogen (secondary N) is 1. The number of piperidine rings is 1. The highest BCUT2D eigenvalue weighted by atomic mass is 32.2. The molecule has 0 bridgehead atoms. The minimum atomic E-state index is 0.00391. The molecule has 2 aromatic heterocycles. The molecule has 0 radical (unpaired) electrons. The van der Waals surface area contributed by atoms with Gasteiger partial charge in [0.1, 0.15) is 12.1 Å². The van der Waals surface area contributed by atoms with E-state index in [0.717, 1.165) is 52.3 Å². The fourth-order valence-electron chi connectivity index (χ4n) is 4.17. The van der Waals surface area contributed by atoms with Gasteiger partial charge in [-0.05, 0) is 69.5 Å². The van der Waals surface area contributed by atoms with Crippen LogP contribution in [0.1, 0.15) is 42.6 Å². The first-order valence-corrected chi connectivity index (χ1v) is 12.3. The molecule has 0 saturated carbocycles. The highest BCUT2D eigenvalue weighted by Crippen LogP contribution is 2.23. The summed E-state index contributed by atoms with van der Waals surface area (Å²) < 4.78 is 1.87. The molecule has 8 heteroatoms. The second-order valence-corrected chi connectivity index (χ2v) is 9.00. The second kappa shape index (κ2) is 10.2. The Morgan fingerprint density at radius 2 is 1.88 bits per heavy atom. The number of carbonyl (C=O) groups excluding carboxylic acids is 1. The molecule has 0 spiro atoms. The Morgan fingerprint density at radius 1 is 1.09 bits per heavy atom. The number of rotatable bonds is 7. The number of anilines is 2. The first-order valence-electron chi connectivity index (χ1n) is 11.1. The Labute approximate surface area is 193 Å². The van der Waals surface area contributed by atoms with Gasteiger partial charge in [0.05, 0.1) is 5.69 Å². The molecular weight excluding hydrogens is 420 g/mol. The Bertz CT molecular complexity index is 1090. The lowest BCUT2D eigenvalue weighted by Gasteiger charge is -2.27. The molecule has 3 heterocycles. The molecular formula is C24H30N6OS. The van der Waals surface area contributed by atoms with Crippen molar-refractivity contribution < 1.29 is 4.79 Å². The van der Waals surface area contributed by atoms with E-state index in [0.29, 0.717) is 12.8 Å². The Kier molecular flexibility index (Phi) is 7.09. The molecule has 4 rings (SSSR count). The third-order valence-corrected chi connectivity index (χ3v) is 6.66. The molecule has 168 valence electrons. The summed E-state index contributed by atoms with van der Waals surface area (Å²) in [6, 6.07) is 9.91. The lowest BCUT2D eigenvalue weighted by Crippen LogP contribution is -2.30. The summed E-state index contributed by atoms with van der Waals surface area (Å²) in [5, 5.41) is 7.73. The summed E-state index contributed by atoms with van der Waals surface area (Å²) in [6.45, 7) is 6.10. The minimum Gasteiger partial charge on any atom is -0.356 e. The number of thioether (sulfide) groups is 1. The number of carbonyl (C=O) groups is 1. The van der Waals surface area contributed by atoms with Crippen LogP contribution in [0.3, 0.4) is 0 Å². The zero-order valence-corrected chi connectivity index (χ0v) is 19.8. The van der Waals surface area contributed by atoms with Crippen molar-refractivity contribution >= 4 is 29.2 Å². The van der Waals surface area contributed by atoms with Crippen molar-refractivity contribution in [3.8, 4) is 5.82 Å². The van der Waals surface area contributed by atoms with Crippen LogP contribution in [0.2, 0.25) is 0 Å². The fourth-order valence-corrected chi connectivity index (χ4v) is 4.63. The van der Waals surface area contributed by atoms with Gasteiger partial charge in [0.25, 0.3) is 0 Å². The molecule has 32 heavy (non-hydrogen) atoms. The summed E-state index contributed by atoms with van der Waals surface area (Å²) in [5.74, 6) is 1.73. The van der Waals surface area contributed by atoms with Gasteiger partial charge in [-0.1, -0.05) is 6.07 Å². The van der Waals surface area contributed by atoms with Gasteiger partial charge in [-0.15, -0.1) is 11.8 Å². The number of benzene rings is 1. The molecule has 0 atom stereocenters. The number of aryl methyl sites for hydroxylation is 1. The maximum Gasteiger partial charge on any atom is 0.224 e. The zero-order valence-electron chi connectivity index (χ0n) is 19.0. The zero-order chi connectivity index (χ0) is 22.5.